The second-order valence-corrected chi connectivity index (χ2v) is 5.95. The molecule has 1 aliphatic rings. The lowest BCUT2D eigenvalue weighted by Crippen LogP contribution is -2.29. The van der Waals surface area contributed by atoms with Gasteiger partial charge in [0.05, 0.1) is 10.7 Å². The van der Waals surface area contributed by atoms with Crippen molar-refractivity contribution in [3.05, 3.63) is 45.5 Å². The Labute approximate surface area is 123 Å². The maximum atomic E-state index is 12.1. The van der Waals surface area contributed by atoms with E-state index in [0.717, 1.165) is 12.2 Å². The van der Waals surface area contributed by atoms with Crippen LogP contribution >= 0.6 is 11.6 Å². The summed E-state index contributed by atoms with van der Waals surface area (Å²) in [6.07, 6.45) is 6.72. The van der Waals surface area contributed by atoms with Crippen molar-refractivity contribution in [1.82, 2.24) is 14.3 Å². The molecule has 2 aromatic rings. The van der Waals surface area contributed by atoms with Crippen LogP contribution in [0.15, 0.2) is 29.2 Å². The van der Waals surface area contributed by atoms with Gasteiger partial charge in [0.15, 0.2) is 0 Å². The third kappa shape index (κ3) is 2.72. The Morgan fingerprint density at radius 1 is 1.40 bits per heavy atom. The van der Waals surface area contributed by atoms with Gasteiger partial charge in [0.25, 0.3) is 5.56 Å². The van der Waals surface area contributed by atoms with Crippen molar-refractivity contribution in [3.63, 3.8) is 0 Å². The minimum atomic E-state index is -0.0766. The molecule has 2 heterocycles. The molecule has 1 saturated carbocycles. The highest BCUT2D eigenvalue weighted by atomic mass is 35.5. The van der Waals surface area contributed by atoms with E-state index >= 15 is 0 Å². The van der Waals surface area contributed by atoms with Gasteiger partial charge in [-0.1, -0.05) is 24.4 Å². The standard InChI is InChI=1S/C15H18ClN3O/c1-18(13-4-2-3-5-13)10-12-8-15(20)19-9-11(16)6-7-14(19)17-12/h6-9,13H,2-5,10H2,1H3. The van der Waals surface area contributed by atoms with Crippen LogP contribution in [0.4, 0.5) is 0 Å². The Morgan fingerprint density at radius 3 is 2.90 bits per heavy atom. The van der Waals surface area contributed by atoms with Crippen molar-refractivity contribution in [2.24, 2.45) is 0 Å². The number of nitrogens with zero attached hydrogens (tertiary/aromatic N) is 3. The van der Waals surface area contributed by atoms with Crippen LogP contribution in [0.25, 0.3) is 5.65 Å². The van der Waals surface area contributed by atoms with Gasteiger partial charge in [-0.25, -0.2) is 4.98 Å². The summed E-state index contributed by atoms with van der Waals surface area (Å²) in [4.78, 5) is 19.0. The van der Waals surface area contributed by atoms with Crippen molar-refractivity contribution in [2.75, 3.05) is 7.05 Å². The Hall–Kier alpha value is -1.39. The zero-order valence-electron chi connectivity index (χ0n) is 11.6. The summed E-state index contributed by atoms with van der Waals surface area (Å²) in [5.41, 5.74) is 1.40. The Kier molecular flexibility index (Phi) is 3.76. The molecular weight excluding hydrogens is 274 g/mol. The van der Waals surface area contributed by atoms with Crippen molar-refractivity contribution in [2.45, 2.75) is 38.3 Å². The summed E-state index contributed by atoms with van der Waals surface area (Å²) in [5, 5.41) is 0.539. The average Bonchev–Trinajstić information content (AvgIpc) is 2.94. The summed E-state index contributed by atoms with van der Waals surface area (Å²) >= 11 is 5.91. The van der Waals surface area contributed by atoms with E-state index in [0.29, 0.717) is 16.7 Å². The molecule has 1 aliphatic carbocycles. The number of hydrogen-bond donors (Lipinski definition) is 0. The van der Waals surface area contributed by atoms with Crippen LogP contribution in [0, 0.1) is 0 Å². The molecule has 20 heavy (non-hydrogen) atoms. The van der Waals surface area contributed by atoms with Crippen LogP contribution in [0.1, 0.15) is 31.4 Å². The third-order valence-corrected chi connectivity index (χ3v) is 4.26. The van der Waals surface area contributed by atoms with E-state index in [1.807, 2.05) is 0 Å². The quantitative estimate of drug-likeness (QED) is 0.873. The van der Waals surface area contributed by atoms with E-state index in [2.05, 4.69) is 16.9 Å². The molecule has 0 aromatic carbocycles. The normalized spacial score (nSPS) is 16.4. The zero-order valence-corrected chi connectivity index (χ0v) is 12.3. The Balaban J connectivity index is 1.88. The first-order valence-electron chi connectivity index (χ1n) is 7.01. The Morgan fingerprint density at radius 2 is 2.15 bits per heavy atom. The van der Waals surface area contributed by atoms with Gasteiger partial charge in [-0.3, -0.25) is 14.1 Å². The second-order valence-electron chi connectivity index (χ2n) is 5.51. The highest BCUT2D eigenvalue weighted by molar-refractivity contribution is 6.30. The molecule has 3 rings (SSSR count). The molecule has 0 amide bonds. The number of aromatic nitrogens is 2. The van der Waals surface area contributed by atoms with E-state index in [-0.39, 0.29) is 5.56 Å². The van der Waals surface area contributed by atoms with Gasteiger partial charge < -0.3 is 0 Å². The predicted molar refractivity (Wildman–Crippen MR) is 80.2 cm³/mol. The first-order chi connectivity index (χ1) is 9.63. The minimum absolute atomic E-state index is 0.0766. The molecule has 0 saturated heterocycles. The minimum Gasteiger partial charge on any atom is -0.298 e. The van der Waals surface area contributed by atoms with Crippen molar-refractivity contribution in [1.29, 1.82) is 0 Å². The molecule has 2 aromatic heterocycles. The molecule has 5 heteroatoms. The van der Waals surface area contributed by atoms with Crippen LogP contribution in [0.5, 0.6) is 0 Å². The monoisotopic (exact) mass is 291 g/mol. The summed E-state index contributed by atoms with van der Waals surface area (Å²) in [6.45, 7) is 0.721. The molecule has 0 N–H and O–H groups in total. The van der Waals surface area contributed by atoms with E-state index in [9.17, 15) is 4.79 Å². The Bertz CT molecular complexity index is 676. The summed E-state index contributed by atoms with van der Waals surface area (Å²) in [6, 6.07) is 5.77. The molecule has 0 radical (unpaired) electrons. The SMILES string of the molecule is CN(Cc1cc(=O)n2cc(Cl)ccc2n1)C1CCCC1. The van der Waals surface area contributed by atoms with Gasteiger partial charge in [-0.05, 0) is 32.0 Å². The van der Waals surface area contributed by atoms with Crippen LogP contribution in [0.2, 0.25) is 5.02 Å². The lowest BCUT2D eigenvalue weighted by atomic mass is 10.2. The lowest BCUT2D eigenvalue weighted by Gasteiger charge is -2.23. The van der Waals surface area contributed by atoms with Gasteiger partial charge in [0.1, 0.15) is 5.65 Å². The molecule has 4 nitrogen and oxygen atoms in total. The maximum absolute atomic E-state index is 12.1. The maximum Gasteiger partial charge on any atom is 0.258 e. The molecule has 0 atom stereocenters. The van der Waals surface area contributed by atoms with Crippen LogP contribution in [0.3, 0.4) is 0 Å². The molecule has 0 bridgehead atoms. The topological polar surface area (TPSA) is 37.6 Å². The van der Waals surface area contributed by atoms with Crippen LogP contribution in [-0.4, -0.2) is 27.4 Å². The number of fused-ring (bicyclic) bond motifs is 1. The predicted octanol–water partition coefficient (Wildman–Crippen LogP) is 2.72. The molecule has 0 aliphatic heterocycles. The largest absolute Gasteiger partial charge is 0.298 e. The molecule has 0 spiro atoms. The first-order valence-corrected chi connectivity index (χ1v) is 7.39. The third-order valence-electron chi connectivity index (χ3n) is 4.04. The van der Waals surface area contributed by atoms with Crippen molar-refractivity contribution >= 4 is 17.2 Å². The van der Waals surface area contributed by atoms with E-state index < -0.39 is 0 Å². The van der Waals surface area contributed by atoms with Gasteiger partial charge in [0.2, 0.25) is 0 Å². The molecule has 106 valence electrons. The van der Waals surface area contributed by atoms with E-state index in [1.165, 1.54) is 30.1 Å². The average molecular weight is 292 g/mol. The van der Waals surface area contributed by atoms with Gasteiger partial charge >= 0.3 is 0 Å². The van der Waals surface area contributed by atoms with Crippen molar-refractivity contribution in [3.8, 4) is 0 Å². The van der Waals surface area contributed by atoms with Crippen molar-refractivity contribution < 1.29 is 0 Å². The van der Waals surface area contributed by atoms with E-state index in [1.54, 1.807) is 24.4 Å². The summed E-state index contributed by atoms with van der Waals surface area (Å²) in [7, 11) is 2.11. The first kappa shape index (κ1) is 13.6. The fourth-order valence-corrected chi connectivity index (χ4v) is 3.10. The van der Waals surface area contributed by atoms with Gasteiger partial charge in [0, 0.05) is 24.8 Å². The highest BCUT2D eigenvalue weighted by Gasteiger charge is 2.20. The van der Waals surface area contributed by atoms with E-state index in [4.69, 9.17) is 11.6 Å². The second kappa shape index (κ2) is 5.54. The number of halogens is 1. The fourth-order valence-electron chi connectivity index (χ4n) is 2.94. The smallest absolute Gasteiger partial charge is 0.258 e. The van der Waals surface area contributed by atoms with Gasteiger partial charge in [-0.15, -0.1) is 0 Å². The fraction of sp³-hybridized carbons (Fsp3) is 0.467. The zero-order chi connectivity index (χ0) is 14.1. The summed E-state index contributed by atoms with van der Waals surface area (Å²) in [5.74, 6) is 0. The van der Waals surface area contributed by atoms with Crippen LogP contribution < -0.4 is 5.56 Å². The molecular formula is C15H18ClN3O. The molecule has 0 unspecified atom stereocenters. The number of pyridine rings is 1. The highest BCUT2D eigenvalue weighted by Crippen LogP contribution is 2.23. The van der Waals surface area contributed by atoms with Gasteiger partial charge in [-0.2, -0.15) is 0 Å². The molecule has 1 fully saturated rings. The lowest BCUT2D eigenvalue weighted by molar-refractivity contribution is 0.235. The summed E-state index contributed by atoms with van der Waals surface area (Å²) < 4.78 is 1.49. The van der Waals surface area contributed by atoms with Crippen LogP contribution in [-0.2, 0) is 6.54 Å². The number of hydrogen-bond acceptors (Lipinski definition) is 3. The number of rotatable bonds is 3.